The summed E-state index contributed by atoms with van der Waals surface area (Å²) >= 11 is 0. The highest BCUT2D eigenvalue weighted by molar-refractivity contribution is 6.04. The molecule has 0 aromatic heterocycles. The van der Waals surface area contributed by atoms with Gasteiger partial charge in [-0.05, 0) is 73.6 Å². The molecule has 1 fully saturated rings. The van der Waals surface area contributed by atoms with Crippen molar-refractivity contribution in [1.29, 1.82) is 0 Å². The average Bonchev–Trinajstić information content (AvgIpc) is 3.61. The van der Waals surface area contributed by atoms with Crippen LogP contribution in [0, 0.1) is 6.92 Å². The second kappa shape index (κ2) is 11.3. The Balaban J connectivity index is 0.000000231. The molecule has 0 heterocycles. The van der Waals surface area contributed by atoms with Crippen LogP contribution in [0.15, 0.2) is 89.9 Å². The summed E-state index contributed by atoms with van der Waals surface area (Å²) in [5.74, 6) is 0.457. The summed E-state index contributed by atoms with van der Waals surface area (Å²) in [5, 5.41) is 0. The highest BCUT2D eigenvalue weighted by Crippen LogP contribution is 2.47. The van der Waals surface area contributed by atoms with E-state index in [0.717, 1.165) is 6.42 Å². The van der Waals surface area contributed by atoms with E-state index in [9.17, 15) is 0 Å². The number of benzene rings is 3. The van der Waals surface area contributed by atoms with Gasteiger partial charge in [0, 0.05) is 18.3 Å². The first kappa shape index (κ1) is 24.7. The maximum Gasteiger partial charge on any atom is 0.0429 e. The van der Waals surface area contributed by atoms with Crippen LogP contribution < -0.4 is 0 Å². The zero-order valence-electron chi connectivity index (χ0n) is 21.2. The van der Waals surface area contributed by atoms with Gasteiger partial charge in [0.25, 0.3) is 0 Å². The number of hydrogen-bond donors (Lipinski definition) is 0. The lowest BCUT2D eigenvalue weighted by Gasteiger charge is -2.17. The van der Waals surface area contributed by atoms with Crippen LogP contribution in [0.1, 0.15) is 80.7 Å². The fraction of sp³-hybridized carbons (Fsp3) is 0.344. The van der Waals surface area contributed by atoms with E-state index in [1.807, 2.05) is 7.05 Å². The Kier molecular flexibility index (Phi) is 8.44. The molecular weight excluding hydrogens is 398 g/mol. The van der Waals surface area contributed by atoms with Gasteiger partial charge in [0.05, 0.1) is 0 Å². The number of aryl methyl sites for hydroxylation is 1. The summed E-state index contributed by atoms with van der Waals surface area (Å²) in [4.78, 5) is 4.59. The molecule has 1 nitrogen and oxygen atoms in total. The van der Waals surface area contributed by atoms with E-state index in [1.165, 1.54) is 51.9 Å². The summed E-state index contributed by atoms with van der Waals surface area (Å²) in [6.45, 7) is 11.0. The molecule has 0 amide bonds. The molecule has 1 atom stereocenters. The third-order valence-corrected chi connectivity index (χ3v) is 6.98. The predicted octanol–water partition coefficient (Wildman–Crippen LogP) is 8.77. The molecule has 1 saturated carbocycles. The summed E-state index contributed by atoms with van der Waals surface area (Å²) in [7, 11) is 1.90. The fourth-order valence-electron chi connectivity index (χ4n) is 4.18. The third-order valence-electron chi connectivity index (χ3n) is 6.98. The van der Waals surface area contributed by atoms with Crippen LogP contribution in [0.5, 0.6) is 0 Å². The molecule has 1 aliphatic rings. The highest BCUT2D eigenvalue weighted by atomic mass is 14.7. The number of hydrogen-bond acceptors (Lipinski definition) is 1. The summed E-state index contributed by atoms with van der Waals surface area (Å²) < 4.78 is 0. The van der Waals surface area contributed by atoms with E-state index in [0.29, 0.717) is 11.3 Å². The van der Waals surface area contributed by atoms with Crippen LogP contribution in [0.3, 0.4) is 0 Å². The summed E-state index contributed by atoms with van der Waals surface area (Å²) in [6, 6.07) is 28.2. The molecule has 3 aromatic rings. The Morgan fingerprint density at radius 2 is 1.48 bits per heavy atom. The summed E-state index contributed by atoms with van der Waals surface area (Å²) in [5.41, 5.74) is 9.78. The minimum absolute atomic E-state index is 0.457. The van der Waals surface area contributed by atoms with Gasteiger partial charge < -0.3 is 0 Å². The Morgan fingerprint density at radius 3 is 2.03 bits per heavy atom. The maximum absolute atomic E-state index is 4.59. The molecule has 172 valence electrons. The molecule has 0 aliphatic heterocycles. The lowest BCUT2D eigenvalue weighted by atomic mass is 9.89. The van der Waals surface area contributed by atoms with Crippen molar-refractivity contribution in [2.45, 2.75) is 65.2 Å². The molecule has 3 aromatic carbocycles. The molecule has 0 saturated heterocycles. The van der Waals surface area contributed by atoms with E-state index in [-0.39, 0.29) is 0 Å². The molecule has 1 unspecified atom stereocenters. The number of allylic oxidation sites excluding steroid dienone is 2. The van der Waals surface area contributed by atoms with Crippen LogP contribution >= 0.6 is 0 Å². The Labute approximate surface area is 201 Å². The molecule has 1 heteroatoms. The molecule has 0 spiro atoms. The van der Waals surface area contributed by atoms with Gasteiger partial charge in [-0.2, -0.15) is 0 Å². The van der Waals surface area contributed by atoms with Crippen molar-refractivity contribution in [1.82, 2.24) is 0 Å². The average molecular weight is 438 g/mol. The Morgan fingerprint density at radius 1 is 0.909 bits per heavy atom. The third kappa shape index (κ3) is 6.54. The molecule has 33 heavy (non-hydrogen) atoms. The van der Waals surface area contributed by atoms with E-state index in [2.05, 4.69) is 125 Å². The van der Waals surface area contributed by atoms with Gasteiger partial charge in [0.15, 0.2) is 0 Å². The van der Waals surface area contributed by atoms with Crippen LogP contribution in [-0.2, 0) is 5.41 Å². The molecule has 1 aliphatic carbocycles. The van der Waals surface area contributed by atoms with Gasteiger partial charge in [0.1, 0.15) is 0 Å². The minimum Gasteiger partial charge on any atom is -0.292 e. The Hall–Kier alpha value is -2.93. The Bertz CT molecular complexity index is 1080. The van der Waals surface area contributed by atoms with Crippen molar-refractivity contribution in [3.8, 4) is 0 Å². The fourth-order valence-corrected chi connectivity index (χ4v) is 4.18. The minimum atomic E-state index is 0.457. The van der Waals surface area contributed by atoms with Gasteiger partial charge in [-0.1, -0.05) is 104 Å². The highest BCUT2D eigenvalue weighted by Gasteiger charge is 2.38. The molecule has 4 rings (SSSR count). The number of rotatable bonds is 6. The van der Waals surface area contributed by atoms with Gasteiger partial charge in [-0.3, -0.25) is 4.99 Å². The predicted molar refractivity (Wildman–Crippen MR) is 145 cm³/mol. The molecule has 0 radical (unpaired) electrons. The summed E-state index contributed by atoms with van der Waals surface area (Å²) in [6.07, 6.45) is 5.85. The normalized spacial score (nSPS) is 15.9. The van der Waals surface area contributed by atoms with E-state index in [1.54, 1.807) is 0 Å². The van der Waals surface area contributed by atoms with Crippen LogP contribution in [0.25, 0.3) is 5.57 Å². The standard InChI is InChI=1S/C21H25N.C11H14/c1-5-16(2)19-13-9-10-14-20(19)21(22-4)15-17(3)18-11-7-6-8-12-18;1-9-3-5-10(6-4-9)11(2)7-8-11/h5-14,17H,15H2,1-4H3;3-6H,7-8H2,1-2H3/b16-5+,22-21?;. The molecule has 0 N–H and O–H groups in total. The van der Waals surface area contributed by atoms with Crippen molar-refractivity contribution in [3.63, 3.8) is 0 Å². The van der Waals surface area contributed by atoms with Crippen LogP contribution in [0.2, 0.25) is 0 Å². The van der Waals surface area contributed by atoms with Crippen molar-refractivity contribution >= 4 is 11.3 Å². The SMILES string of the molecule is C/C=C(\C)c1ccccc1C(CC(C)c1ccccc1)=NC.Cc1ccc(C2(C)CC2)cc1. The smallest absolute Gasteiger partial charge is 0.0429 e. The van der Waals surface area contributed by atoms with Gasteiger partial charge in [0.2, 0.25) is 0 Å². The first-order chi connectivity index (χ1) is 15.9. The molecule has 0 bridgehead atoms. The van der Waals surface area contributed by atoms with Crippen molar-refractivity contribution in [2.24, 2.45) is 4.99 Å². The van der Waals surface area contributed by atoms with E-state index < -0.39 is 0 Å². The first-order valence-electron chi connectivity index (χ1n) is 12.2. The zero-order valence-corrected chi connectivity index (χ0v) is 21.2. The van der Waals surface area contributed by atoms with E-state index >= 15 is 0 Å². The molecular formula is C32H39N. The maximum atomic E-state index is 4.59. The largest absolute Gasteiger partial charge is 0.292 e. The topological polar surface area (TPSA) is 12.4 Å². The number of nitrogens with zero attached hydrogens (tertiary/aromatic N) is 1. The van der Waals surface area contributed by atoms with Crippen molar-refractivity contribution < 1.29 is 0 Å². The zero-order chi connectivity index (χ0) is 23.8. The quantitative estimate of drug-likeness (QED) is 0.342. The monoisotopic (exact) mass is 437 g/mol. The second-order valence-corrected chi connectivity index (χ2v) is 9.63. The van der Waals surface area contributed by atoms with E-state index in [4.69, 9.17) is 0 Å². The van der Waals surface area contributed by atoms with Crippen LogP contribution in [0.4, 0.5) is 0 Å². The van der Waals surface area contributed by atoms with Crippen molar-refractivity contribution in [3.05, 3.63) is 113 Å². The van der Waals surface area contributed by atoms with Gasteiger partial charge in [-0.15, -0.1) is 0 Å². The number of aliphatic imine (C=N–C) groups is 1. The lowest BCUT2D eigenvalue weighted by molar-refractivity contribution is 0.787. The first-order valence-corrected chi connectivity index (χ1v) is 12.2. The van der Waals surface area contributed by atoms with Gasteiger partial charge in [-0.25, -0.2) is 0 Å². The van der Waals surface area contributed by atoms with Crippen LogP contribution in [-0.4, -0.2) is 12.8 Å². The van der Waals surface area contributed by atoms with Crippen molar-refractivity contribution in [2.75, 3.05) is 7.05 Å². The second-order valence-electron chi connectivity index (χ2n) is 9.63. The lowest BCUT2D eigenvalue weighted by Crippen LogP contribution is -2.09. The van der Waals surface area contributed by atoms with Gasteiger partial charge >= 0.3 is 0 Å².